The van der Waals surface area contributed by atoms with E-state index < -0.39 is 33.4 Å². The third kappa shape index (κ3) is 7.44. The van der Waals surface area contributed by atoms with Crippen molar-refractivity contribution >= 4 is 33.2 Å². The second-order valence-electron chi connectivity index (χ2n) is 9.35. The van der Waals surface area contributed by atoms with Gasteiger partial charge < -0.3 is 10.2 Å². The molecule has 0 aromatic heterocycles. The average Bonchev–Trinajstić information content (AvgIpc) is 2.96. The van der Waals surface area contributed by atoms with Crippen molar-refractivity contribution in [1.82, 2.24) is 10.2 Å². The van der Waals surface area contributed by atoms with Crippen molar-refractivity contribution in [3.8, 4) is 0 Å². The highest BCUT2D eigenvalue weighted by molar-refractivity contribution is 7.92. The Morgan fingerprint density at radius 3 is 2.12 bits per heavy atom. The van der Waals surface area contributed by atoms with Gasteiger partial charge in [0.25, 0.3) is 15.7 Å². The maximum Gasteiger partial charge on any atom is 0.271 e. The topological polar surface area (TPSA) is 130 Å². The predicted octanol–water partition coefficient (Wildman–Crippen LogP) is 4.51. The van der Waals surface area contributed by atoms with E-state index in [9.17, 15) is 28.1 Å². The van der Waals surface area contributed by atoms with Gasteiger partial charge in [-0.3, -0.25) is 24.0 Å². The Balaban J connectivity index is 2.08. The predicted molar refractivity (Wildman–Crippen MR) is 153 cm³/mol. The van der Waals surface area contributed by atoms with Gasteiger partial charge in [0.2, 0.25) is 11.8 Å². The van der Waals surface area contributed by atoms with Crippen molar-refractivity contribution in [2.45, 2.75) is 57.1 Å². The number of nitro benzene ring substituents is 1. The Labute approximate surface area is 234 Å². The van der Waals surface area contributed by atoms with Crippen LogP contribution >= 0.6 is 0 Å². The first-order valence-corrected chi connectivity index (χ1v) is 14.5. The number of nitro groups is 1. The molecule has 0 unspecified atom stereocenters. The number of hydrogen-bond acceptors (Lipinski definition) is 6. The standard InChI is InChI=1S/C29H34N4O6S/c1-4-22(3)30-29(35)27(5-2)31(20-23-13-8-6-9-14-23)28(34)21-32(24-15-12-16-25(19-24)33(36)37)40(38,39)26-17-10-7-11-18-26/h6-19,22,27H,4-5,20-21H2,1-3H3,(H,30,35)/t22-,27+/m0/s1. The number of amides is 2. The molecule has 0 bridgehead atoms. The van der Waals surface area contributed by atoms with Crippen molar-refractivity contribution in [2.75, 3.05) is 10.8 Å². The summed E-state index contributed by atoms with van der Waals surface area (Å²) in [6.45, 7) is 4.98. The van der Waals surface area contributed by atoms with Gasteiger partial charge in [-0.15, -0.1) is 0 Å². The van der Waals surface area contributed by atoms with Crippen LogP contribution in [-0.2, 0) is 26.2 Å². The third-order valence-corrected chi connectivity index (χ3v) is 8.31. The summed E-state index contributed by atoms with van der Waals surface area (Å²) in [6, 6.07) is 20.8. The molecule has 212 valence electrons. The second kappa shape index (κ2) is 13.7. The lowest BCUT2D eigenvalue weighted by atomic mass is 10.1. The van der Waals surface area contributed by atoms with E-state index >= 15 is 0 Å². The molecular weight excluding hydrogens is 532 g/mol. The van der Waals surface area contributed by atoms with E-state index in [4.69, 9.17) is 0 Å². The van der Waals surface area contributed by atoms with E-state index in [1.807, 2.05) is 44.2 Å². The Morgan fingerprint density at radius 1 is 0.925 bits per heavy atom. The van der Waals surface area contributed by atoms with Crippen LogP contribution in [0.5, 0.6) is 0 Å². The van der Waals surface area contributed by atoms with Crippen molar-refractivity contribution in [1.29, 1.82) is 0 Å². The number of carbonyl (C=O) groups is 2. The normalized spacial score (nSPS) is 12.7. The number of nitrogens with one attached hydrogen (secondary N) is 1. The molecule has 3 rings (SSSR count). The molecule has 3 aromatic carbocycles. The molecule has 0 radical (unpaired) electrons. The number of benzene rings is 3. The summed E-state index contributed by atoms with van der Waals surface area (Å²) in [5.41, 5.74) is 0.403. The molecule has 11 heteroatoms. The smallest absolute Gasteiger partial charge is 0.271 e. The fraction of sp³-hybridized carbons (Fsp3) is 0.310. The Bertz CT molecular complexity index is 1420. The van der Waals surface area contributed by atoms with Crippen molar-refractivity contribution in [3.63, 3.8) is 0 Å². The number of rotatable bonds is 13. The zero-order valence-electron chi connectivity index (χ0n) is 22.8. The minimum atomic E-state index is -4.31. The van der Waals surface area contributed by atoms with E-state index in [1.54, 1.807) is 25.1 Å². The molecular formula is C29H34N4O6S. The second-order valence-corrected chi connectivity index (χ2v) is 11.2. The van der Waals surface area contributed by atoms with Crippen molar-refractivity contribution in [2.24, 2.45) is 0 Å². The summed E-state index contributed by atoms with van der Waals surface area (Å²) < 4.78 is 28.4. The molecule has 0 saturated carbocycles. The Hall–Kier alpha value is -4.25. The Kier molecular flexibility index (Phi) is 10.4. The monoisotopic (exact) mass is 566 g/mol. The van der Waals surface area contributed by atoms with E-state index in [2.05, 4.69) is 5.32 Å². The first-order valence-electron chi connectivity index (χ1n) is 13.0. The van der Waals surface area contributed by atoms with Gasteiger partial charge >= 0.3 is 0 Å². The molecule has 0 aliphatic heterocycles. The van der Waals surface area contributed by atoms with Crippen LogP contribution in [-0.4, -0.2) is 48.7 Å². The number of nitrogens with zero attached hydrogens (tertiary/aromatic N) is 3. The fourth-order valence-corrected chi connectivity index (χ4v) is 5.58. The molecule has 0 aliphatic carbocycles. The van der Waals surface area contributed by atoms with Crippen LogP contribution in [0.25, 0.3) is 0 Å². The quantitative estimate of drug-likeness (QED) is 0.239. The van der Waals surface area contributed by atoms with Crippen LogP contribution in [0.2, 0.25) is 0 Å². The molecule has 0 aliphatic rings. The Morgan fingerprint density at radius 2 is 1.55 bits per heavy atom. The molecule has 0 heterocycles. The SMILES string of the molecule is CC[C@H](C(=O)N[C@@H](C)CC)N(Cc1ccccc1)C(=O)CN(c1cccc([N+](=O)[O-])c1)S(=O)(=O)c1ccccc1. The molecule has 10 nitrogen and oxygen atoms in total. The lowest BCUT2D eigenvalue weighted by molar-refractivity contribution is -0.384. The van der Waals surface area contributed by atoms with Crippen LogP contribution < -0.4 is 9.62 Å². The third-order valence-electron chi connectivity index (χ3n) is 6.52. The van der Waals surface area contributed by atoms with E-state index in [1.165, 1.54) is 35.2 Å². The molecule has 2 amide bonds. The summed E-state index contributed by atoms with van der Waals surface area (Å²) in [5.74, 6) is -0.963. The van der Waals surface area contributed by atoms with Crippen LogP contribution in [0.4, 0.5) is 11.4 Å². The van der Waals surface area contributed by atoms with Gasteiger partial charge in [0, 0.05) is 24.7 Å². The largest absolute Gasteiger partial charge is 0.352 e. The zero-order chi connectivity index (χ0) is 29.3. The van der Waals surface area contributed by atoms with E-state index in [0.717, 1.165) is 15.9 Å². The summed E-state index contributed by atoms with van der Waals surface area (Å²) in [5, 5.41) is 14.4. The van der Waals surface area contributed by atoms with Crippen LogP contribution in [0.3, 0.4) is 0 Å². The highest BCUT2D eigenvalue weighted by Gasteiger charge is 2.34. The highest BCUT2D eigenvalue weighted by atomic mass is 32.2. The minimum absolute atomic E-state index is 0.0387. The van der Waals surface area contributed by atoms with Gasteiger partial charge in [-0.25, -0.2) is 8.42 Å². The van der Waals surface area contributed by atoms with Gasteiger partial charge in [0.05, 0.1) is 15.5 Å². The van der Waals surface area contributed by atoms with Gasteiger partial charge in [-0.05, 0) is 43.5 Å². The average molecular weight is 567 g/mol. The van der Waals surface area contributed by atoms with E-state index in [0.29, 0.717) is 12.8 Å². The van der Waals surface area contributed by atoms with Crippen LogP contribution in [0, 0.1) is 10.1 Å². The summed E-state index contributed by atoms with van der Waals surface area (Å²) in [7, 11) is -4.31. The molecule has 2 atom stereocenters. The maximum absolute atomic E-state index is 14.0. The van der Waals surface area contributed by atoms with Crippen LogP contribution in [0.15, 0.2) is 89.8 Å². The lowest BCUT2D eigenvalue weighted by Crippen LogP contribution is -2.53. The van der Waals surface area contributed by atoms with Gasteiger partial charge in [0.1, 0.15) is 12.6 Å². The fourth-order valence-electron chi connectivity index (χ4n) is 4.15. The van der Waals surface area contributed by atoms with Crippen LogP contribution in [0.1, 0.15) is 39.2 Å². The summed E-state index contributed by atoms with van der Waals surface area (Å²) in [4.78, 5) is 39.4. The van der Waals surface area contributed by atoms with E-state index in [-0.39, 0.29) is 34.8 Å². The molecule has 3 aromatic rings. The summed E-state index contributed by atoms with van der Waals surface area (Å²) >= 11 is 0. The molecule has 0 spiro atoms. The van der Waals surface area contributed by atoms with Gasteiger partial charge in [-0.2, -0.15) is 0 Å². The number of hydrogen-bond donors (Lipinski definition) is 1. The maximum atomic E-state index is 14.0. The minimum Gasteiger partial charge on any atom is -0.352 e. The first-order chi connectivity index (χ1) is 19.1. The van der Waals surface area contributed by atoms with Crippen molar-refractivity contribution < 1.29 is 22.9 Å². The first kappa shape index (κ1) is 30.3. The van der Waals surface area contributed by atoms with Gasteiger partial charge in [0.15, 0.2) is 0 Å². The number of anilines is 1. The molecule has 0 fully saturated rings. The number of non-ortho nitro benzene ring substituents is 1. The molecule has 0 saturated heterocycles. The molecule has 1 N–H and O–H groups in total. The summed E-state index contributed by atoms with van der Waals surface area (Å²) in [6.07, 6.45) is 0.994. The van der Waals surface area contributed by atoms with Gasteiger partial charge in [-0.1, -0.05) is 68.4 Å². The number of carbonyl (C=O) groups excluding carboxylic acids is 2. The number of sulfonamides is 1. The highest BCUT2D eigenvalue weighted by Crippen LogP contribution is 2.27. The zero-order valence-corrected chi connectivity index (χ0v) is 23.6. The molecule has 40 heavy (non-hydrogen) atoms. The lowest BCUT2D eigenvalue weighted by Gasteiger charge is -2.33. The van der Waals surface area contributed by atoms with Crippen molar-refractivity contribution in [3.05, 3.63) is 101 Å².